The molecule has 0 aliphatic carbocycles. The van der Waals surface area contributed by atoms with E-state index in [1.807, 2.05) is 36.4 Å². The number of pyridine rings is 1. The number of nitrogens with zero attached hydrogens (tertiary/aromatic N) is 4. The van der Waals surface area contributed by atoms with Crippen LogP contribution in [0, 0.1) is 0 Å². The highest BCUT2D eigenvalue weighted by molar-refractivity contribution is 7.18. The highest BCUT2D eigenvalue weighted by Gasteiger charge is 2.18. The molecule has 0 atom stereocenters. The van der Waals surface area contributed by atoms with Gasteiger partial charge in [-0.1, -0.05) is 29.5 Å². The lowest BCUT2D eigenvalue weighted by Gasteiger charge is -2.14. The number of para-hydroxylation sites is 1. The van der Waals surface area contributed by atoms with Crippen molar-refractivity contribution >= 4 is 22.4 Å². The molecular formula is C17H16N4O2S. The summed E-state index contributed by atoms with van der Waals surface area (Å²) in [5.41, 5.74) is 1.72. The van der Waals surface area contributed by atoms with E-state index in [1.54, 1.807) is 26.6 Å². The highest BCUT2D eigenvalue weighted by atomic mass is 32.1. The molecule has 0 aliphatic heterocycles. The van der Waals surface area contributed by atoms with E-state index in [9.17, 15) is 4.79 Å². The third kappa shape index (κ3) is 3.41. The number of aromatic nitrogens is 3. The predicted molar refractivity (Wildman–Crippen MR) is 93.2 cm³/mol. The topological polar surface area (TPSA) is 68.2 Å². The van der Waals surface area contributed by atoms with Crippen molar-refractivity contribution in [1.29, 1.82) is 0 Å². The van der Waals surface area contributed by atoms with Crippen molar-refractivity contribution in [2.75, 3.05) is 19.1 Å². The molecule has 1 amide bonds. The molecule has 3 rings (SSSR count). The van der Waals surface area contributed by atoms with Crippen LogP contribution in [0.5, 0.6) is 5.75 Å². The second-order valence-electron chi connectivity index (χ2n) is 5.07. The summed E-state index contributed by atoms with van der Waals surface area (Å²) >= 11 is 1.35. The number of benzene rings is 1. The average Bonchev–Trinajstić information content (AvgIpc) is 3.12. The maximum absolute atomic E-state index is 12.5. The second kappa shape index (κ2) is 7.18. The number of hydrogen-bond acceptors (Lipinski definition) is 6. The van der Waals surface area contributed by atoms with Gasteiger partial charge in [0.1, 0.15) is 5.75 Å². The van der Waals surface area contributed by atoms with Crippen LogP contribution in [-0.4, -0.2) is 35.2 Å². The lowest BCUT2D eigenvalue weighted by molar-refractivity contribution is -0.117. The number of carbonyl (C=O) groups is 1. The quantitative estimate of drug-likeness (QED) is 0.714. The lowest BCUT2D eigenvalue weighted by atomic mass is 10.1. The molecule has 0 unspecified atom stereocenters. The molecule has 2 aromatic heterocycles. The lowest BCUT2D eigenvalue weighted by Crippen LogP contribution is -2.27. The Morgan fingerprint density at radius 3 is 2.79 bits per heavy atom. The largest absolute Gasteiger partial charge is 0.496 e. The summed E-state index contributed by atoms with van der Waals surface area (Å²) in [6, 6.07) is 11.2. The molecule has 0 spiro atoms. The first-order valence-electron chi connectivity index (χ1n) is 7.31. The third-order valence-electron chi connectivity index (χ3n) is 3.52. The van der Waals surface area contributed by atoms with Gasteiger partial charge in [0.05, 0.1) is 13.5 Å². The van der Waals surface area contributed by atoms with E-state index in [1.165, 1.54) is 16.2 Å². The van der Waals surface area contributed by atoms with E-state index < -0.39 is 0 Å². The van der Waals surface area contributed by atoms with Gasteiger partial charge in [-0.25, -0.2) is 0 Å². The van der Waals surface area contributed by atoms with Gasteiger partial charge < -0.3 is 4.74 Å². The molecule has 0 bridgehead atoms. The molecule has 0 N–H and O–H groups in total. The fraction of sp³-hybridized carbons (Fsp3) is 0.176. The number of carbonyl (C=O) groups excluding carboxylic acids is 1. The number of ether oxygens (including phenoxy) is 1. The van der Waals surface area contributed by atoms with Gasteiger partial charge in [-0.3, -0.25) is 14.7 Å². The van der Waals surface area contributed by atoms with Crippen LogP contribution in [0.2, 0.25) is 0 Å². The van der Waals surface area contributed by atoms with Gasteiger partial charge in [-0.2, -0.15) is 0 Å². The van der Waals surface area contributed by atoms with Crippen LogP contribution in [-0.2, 0) is 11.2 Å². The van der Waals surface area contributed by atoms with E-state index in [0.717, 1.165) is 16.1 Å². The Hall–Kier alpha value is -2.80. The van der Waals surface area contributed by atoms with Crippen molar-refractivity contribution in [3.8, 4) is 16.3 Å². The SMILES string of the molecule is COc1ccccc1CC(=O)N(C)c1nnc(-c2cccnc2)s1. The molecule has 24 heavy (non-hydrogen) atoms. The first-order valence-corrected chi connectivity index (χ1v) is 8.13. The van der Waals surface area contributed by atoms with E-state index in [0.29, 0.717) is 10.9 Å². The van der Waals surface area contributed by atoms with Crippen LogP contribution in [0.3, 0.4) is 0 Å². The highest BCUT2D eigenvalue weighted by Crippen LogP contribution is 2.28. The molecule has 0 saturated heterocycles. The van der Waals surface area contributed by atoms with Crippen LogP contribution < -0.4 is 9.64 Å². The van der Waals surface area contributed by atoms with Crippen LogP contribution in [0.25, 0.3) is 10.6 Å². The van der Waals surface area contributed by atoms with E-state index >= 15 is 0 Å². The predicted octanol–water partition coefficient (Wildman–Crippen LogP) is 2.81. The molecule has 0 saturated carbocycles. The fourth-order valence-electron chi connectivity index (χ4n) is 2.19. The Labute approximate surface area is 143 Å². The Bertz CT molecular complexity index is 835. The molecule has 7 heteroatoms. The molecule has 122 valence electrons. The van der Waals surface area contributed by atoms with Gasteiger partial charge in [-0.15, -0.1) is 10.2 Å². The monoisotopic (exact) mass is 340 g/mol. The van der Waals surface area contributed by atoms with Crippen molar-refractivity contribution in [3.63, 3.8) is 0 Å². The van der Waals surface area contributed by atoms with Crippen LogP contribution in [0.4, 0.5) is 5.13 Å². The van der Waals surface area contributed by atoms with Crippen molar-refractivity contribution < 1.29 is 9.53 Å². The summed E-state index contributed by atoms with van der Waals surface area (Å²) in [5.74, 6) is 0.626. The smallest absolute Gasteiger partial charge is 0.233 e. The van der Waals surface area contributed by atoms with Crippen molar-refractivity contribution in [2.24, 2.45) is 0 Å². The van der Waals surface area contributed by atoms with Crippen molar-refractivity contribution in [2.45, 2.75) is 6.42 Å². The number of amides is 1. The zero-order valence-electron chi connectivity index (χ0n) is 13.3. The number of hydrogen-bond donors (Lipinski definition) is 0. The van der Waals surface area contributed by atoms with Gasteiger partial charge in [0.2, 0.25) is 11.0 Å². The molecule has 3 aromatic rings. The van der Waals surface area contributed by atoms with E-state index in [4.69, 9.17) is 4.74 Å². The Morgan fingerprint density at radius 2 is 2.04 bits per heavy atom. The second-order valence-corrected chi connectivity index (χ2v) is 6.03. The van der Waals surface area contributed by atoms with Crippen LogP contribution in [0.1, 0.15) is 5.56 Å². The van der Waals surface area contributed by atoms with Gasteiger partial charge in [-0.05, 0) is 18.2 Å². The van der Waals surface area contributed by atoms with Crippen molar-refractivity contribution in [3.05, 3.63) is 54.4 Å². The molecular weight excluding hydrogens is 324 g/mol. The maximum Gasteiger partial charge on any atom is 0.233 e. The minimum Gasteiger partial charge on any atom is -0.496 e. The van der Waals surface area contributed by atoms with E-state index in [-0.39, 0.29) is 12.3 Å². The van der Waals surface area contributed by atoms with E-state index in [2.05, 4.69) is 15.2 Å². The zero-order chi connectivity index (χ0) is 16.9. The molecule has 2 heterocycles. The summed E-state index contributed by atoms with van der Waals surface area (Å²) in [7, 11) is 3.29. The zero-order valence-corrected chi connectivity index (χ0v) is 14.2. The first kappa shape index (κ1) is 16.1. The number of anilines is 1. The van der Waals surface area contributed by atoms with Gasteiger partial charge in [0.25, 0.3) is 0 Å². The first-order chi connectivity index (χ1) is 11.7. The number of methoxy groups -OCH3 is 1. The molecule has 0 radical (unpaired) electrons. The Morgan fingerprint density at radius 1 is 1.21 bits per heavy atom. The molecule has 0 aliphatic rings. The maximum atomic E-state index is 12.5. The fourth-order valence-corrected chi connectivity index (χ4v) is 3.01. The normalized spacial score (nSPS) is 10.4. The minimum absolute atomic E-state index is 0.0756. The molecule has 0 fully saturated rings. The summed E-state index contributed by atoms with van der Waals surface area (Å²) in [4.78, 5) is 18.1. The van der Waals surface area contributed by atoms with Gasteiger partial charge >= 0.3 is 0 Å². The Kier molecular flexibility index (Phi) is 4.81. The van der Waals surface area contributed by atoms with Crippen molar-refractivity contribution in [1.82, 2.24) is 15.2 Å². The molecule has 6 nitrogen and oxygen atoms in total. The summed E-state index contributed by atoms with van der Waals surface area (Å²) in [6.45, 7) is 0. The standard InChI is InChI=1S/C17H16N4O2S/c1-21(15(22)10-12-6-3-4-8-14(12)23-2)17-20-19-16(24-17)13-7-5-9-18-11-13/h3-9,11H,10H2,1-2H3. The number of rotatable bonds is 5. The van der Waals surface area contributed by atoms with Gasteiger partial charge in [0.15, 0.2) is 5.01 Å². The Balaban J connectivity index is 1.76. The minimum atomic E-state index is -0.0756. The third-order valence-corrected chi connectivity index (χ3v) is 4.57. The number of likely N-dealkylation sites (N-methyl/N-ethyl adjacent to an activating group) is 1. The summed E-state index contributed by atoms with van der Waals surface area (Å²) in [6.07, 6.45) is 3.66. The summed E-state index contributed by atoms with van der Waals surface area (Å²) < 4.78 is 5.29. The van der Waals surface area contributed by atoms with Gasteiger partial charge in [0, 0.05) is 30.6 Å². The average molecular weight is 340 g/mol. The van der Waals surface area contributed by atoms with Crippen LogP contribution >= 0.6 is 11.3 Å². The van der Waals surface area contributed by atoms with Crippen LogP contribution in [0.15, 0.2) is 48.8 Å². The summed E-state index contributed by atoms with van der Waals surface area (Å²) in [5, 5.41) is 9.53. The molecule has 1 aromatic carbocycles.